The molecule has 0 aromatic carbocycles. The van der Waals surface area contributed by atoms with Crippen molar-refractivity contribution in [2.75, 3.05) is 92.1 Å². The minimum atomic E-state index is -1.05. The van der Waals surface area contributed by atoms with Crippen molar-refractivity contribution < 1.29 is 48.0 Å². The molecule has 1 atom stereocenters. The van der Waals surface area contributed by atoms with Crippen LogP contribution in [0.15, 0.2) is 0 Å². The highest BCUT2D eigenvalue weighted by atomic mass is 16.5. The summed E-state index contributed by atoms with van der Waals surface area (Å²) in [5, 5.41) is 22.4. The van der Waals surface area contributed by atoms with E-state index in [1.807, 2.05) is 0 Å². The summed E-state index contributed by atoms with van der Waals surface area (Å²) in [5.41, 5.74) is 0. The van der Waals surface area contributed by atoms with E-state index in [1.165, 1.54) is 6.92 Å². The van der Waals surface area contributed by atoms with Crippen LogP contribution in [-0.2, 0) is 42.9 Å². The predicted octanol–water partition coefficient (Wildman–Crippen LogP) is -1.98. The number of hydrogen-bond donors (Lipinski definition) is 6. The lowest BCUT2D eigenvalue weighted by atomic mass is 10.1. The lowest BCUT2D eigenvalue weighted by Crippen LogP contribution is -2.37. The summed E-state index contributed by atoms with van der Waals surface area (Å²) in [7, 11) is 0. The van der Waals surface area contributed by atoms with Crippen molar-refractivity contribution in [3.63, 3.8) is 0 Å². The minimum Gasteiger partial charge on any atom is -0.481 e. The molecule has 0 aromatic heterocycles. The van der Waals surface area contributed by atoms with Crippen molar-refractivity contribution in [1.82, 2.24) is 26.6 Å². The van der Waals surface area contributed by atoms with Gasteiger partial charge in [-0.15, -0.1) is 0 Å². The molecule has 15 nitrogen and oxygen atoms in total. The number of carbonyl (C=O) groups is 5. The van der Waals surface area contributed by atoms with Crippen molar-refractivity contribution in [3.05, 3.63) is 0 Å². The topological polar surface area (TPSA) is 203 Å². The summed E-state index contributed by atoms with van der Waals surface area (Å²) in [5.74, 6) is -2.87. The number of carbonyl (C=O) groups excluding carboxylic acids is 4. The lowest BCUT2D eigenvalue weighted by molar-refractivity contribution is -0.143. The smallest absolute Gasteiger partial charge is 0.306 e. The molecule has 0 radical (unpaired) electrons. The van der Waals surface area contributed by atoms with E-state index >= 15 is 0 Å². The second-order valence-electron chi connectivity index (χ2n) is 8.59. The number of hydrogen-bond acceptors (Lipinski definition) is 10. The Morgan fingerprint density at radius 2 is 1.10 bits per heavy atom. The number of amides is 4. The van der Waals surface area contributed by atoms with Gasteiger partial charge in [-0.3, -0.25) is 24.0 Å². The second-order valence-corrected chi connectivity index (χ2v) is 8.59. The molecule has 0 spiro atoms. The van der Waals surface area contributed by atoms with Crippen molar-refractivity contribution in [2.45, 2.75) is 33.1 Å². The molecule has 0 heterocycles. The minimum absolute atomic E-state index is 0.00881. The fourth-order valence-electron chi connectivity index (χ4n) is 2.80. The normalized spacial score (nSPS) is 11.4. The summed E-state index contributed by atoms with van der Waals surface area (Å²) >= 11 is 0. The van der Waals surface area contributed by atoms with Crippen LogP contribution >= 0.6 is 0 Å². The van der Waals surface area contributed by atoms with Crippen LogP contribution in [0.2, 0.25) is 0 Å². The van der Waals surface area contributed by atoms with E-state index in [-0.39, 0.29) is 63.4 Å². The number of rotatable bonds is 27. The van der Waals surface area contributed by atoms with Crippen LogP contribution in [0.4, 0.5) is 0 Å². The molecule has 0 aliphatic heterocycles. The first-order chi connectivity index (χ1) is 19.3. The Morgan fingerprint density at radius 1 is 0.600 bits per heavy atom. The van der Waals surface area contributed by atoms with E-state index in [9.17, 15) is 24.0 Å². The third-order valence-corrected chi connectivity index (χ3v) is 5.07. The lowest BCUT2D eigenvalue weighted by Gasteiger charge is -2.10. The van der Waals surface area contributed by atoms with E-state index in [2.05, 4.69) is 26.6 Å². The highest BCUT2D eigenvalue weighted by Gasteiger charge is 2.15. The maximum absolute atomic E-state index is 11.7. The molecule has 4 amide bonds. The van der Waals surface area contributed by atoms with E-state index in [0.717, 1.165) is 0 Å². The van der Waals surface area contributed by atoms with Crippen LogP contribution in [0.25, 0.3) is 0 Å². The van der Waals surface area contributed by atoms with Crippen LogP contribution in [-0.4, -0.2) is 127 Å². The zero-order valence-electron chi connectivity index (χ0n) is 23.7. The van der Waals surface area contributed by atoms with Crippen LogP contribution in [0.1, 0.15) is 33.1 Å². The highest BCUT2D eigenvalue weighted by molar-refractivity contribution is 5.82. The fourth-order valence-corrected chi connectivity index (χ4v) is 2.80. The van der Waals surface area contributed by atoms with E-state index in [4.69, 9.17) is 24.1 Å². The monoisotopic (exact) mass is 577 g/mol. The molecule has 0 bridgehead atoms. The Morgan fingerprint density at radius 3 is 1.68 bits per heavy atom. The van der Waals surface area contributed by atoms with E-state index in [0.29, 0.717) is 65.7 Å². The summed E-state index contributed by atoms with van der Waals surface area (Å²) < 4.78 is 21.4. The molecule has 0 saturated heterocycles. The first kappa shape index (κ1) is 37.1. The van der Waals surface area contributed by atoms with Crippen molar-refractivity contribution in [3.8, 4) is 0 Å². The zero-order valence-corrected chi connectivity index (χ0v) is 23.7. The zero-order chi connectivity index (χ0) is 29.8. The van der Waals surface area contributed by atoms with Gasteiger partial charge in [-0.1, -0.05) is 13.8 Å². The number of ether oxygens (including phenoxy) is 4. The largest absolute Gasteiger partial charge is 0.481 e. The Hall–Kier alpha value is -2.85. The fraction of sp³-hybridized carbons (Fsp3) is 0.800. The first-order valence-corrected chi connectivity index (χ1v) is 13.6. The quantitative estimate of drug-likeness (QED) is 0.0591. The Kier molecular flexibility index (Phi) is 24.5. The maximum Gasteiger partial charge on any atom is 0.306 e. The van der Waals surface area contributed by atoms with E-state index < -0.39 is 17.8 Å². The van der Waals surface area contributed by atoms with Gasteiger partial charge in [0.1, 0.15) is 6.61 Å². The third-order valence-electron chi connectivity index (χ3n) is 5.07. The molecule has 0 aliphatic rings. The molecule has 0 aliphatic carbocycles. The average Bonchev–Trinajstić information content (AvgIpc) is 2.92. The Bertz CT molecular complexity index is 726. The van der Waals surface area contributed by atoms with E-state index in [1.54, 1.807) is 6.92 Å². The van der Waals surface area contributed by atoms with Gasteiger partial charge < -0.3 is 50.6 Å². The van der Waals surface area contributed by atoms with Gasteiger partial charge in [0.15, 0.2) is 0 Å². The van der Waals surface area contributed by atoms with Crippen molar-refractivity contribution in [1.29, 1.82) is 0 Å². The van der Waals surface area contributed by atoms with Gasteiger partial charge in [-0.2, -0.15) is 0 Å². The predicted molar refractivity (Wildman–Crippen MR) is 145 cm³/mol. The number of carboxylic acid groups (broad SMARTS) is 1. The molecular weight excluding hydrogens is 530 g/mol. The number of nitrogens with one attached hydrogen (secondary N) is 5. The van der Waals surface area contributed by atoms with Gasteiger partial charge in [0.25, 0.3) is 0 Å². The summed E-state index contributed by atoms with van der Waals surface area (Å²) in [6.07, 6.45) is 0.368. The highest BCUT2D eigenvalue weighted by Crippen LogP contribution is 2.00. The molecule has 6 N–H and O–H groups in total. The molecule has 0 rings (SSSR count). The first-order valence-electron chi connectivity index (χ1n) is 13.6. The summed E-state index contributed by atoms with van der Waals surface area (Å²) in [6, 6.07) is 0. The molecule has 15 heteroatoms. The second kappa shape index (κ2) is 26.4. The molecular formula is C25H47N5O10. The standard InChI is InChI=1S/C25H47N5O10/c1-3-21(31)30-10-13-39-15-14-37-11-8-26-9-12-38-16-17-40-19-24(34)29-7-6-28-22(32)4-5-27-23(33)18-20(2)25(35)36/h20,26H,3-19H2,1-2H3,(H,27,33)(H,28,32)(H,29,34)(H,30,31)(H,35,36). The van der Waals surface area contributed by atoms with Gasteiger partial charge in [-0.05, 0) is 0 Å². The average molecular weight is 578 g/mol. The molecule has 232 valence electrons. The van der Waals surface area contributed by atoms with Gasteiger partial charge in [0.2, 0.25) is 23.6 Å². The SMILES string of the molecule is CCC(=O)NCCOCCOCCNCCOCCOCC(=O)NCCNC(=O)CCNC(=O)CC(C)C(=O)O. The third kappa shape index (κ3) is 25.4. The maximum atomic E-state index is 11.7. The summed E-state index contributed by atoms with van der Waals surface area (Å²) in [6.45, 7) is 8.58. The van der Waals surface area contributed by atoms with Crippen molar-refractivity contribution in [2.24, 2.45) is 5.92 Å². The van der Waals surface area contributed by atoms with Crippen LogP contribution in [0.3, 0.4) is 0 Å². The van der Waals surface area contributed by atoms with Gasteiger partial charge in [0.05, 0.1) is 52.2 Å². The van der Waals surface area contributed by atoms with Crippen LogP contribution in [0.5, 0.6) is 0 Å². The Labute approximate surface area is 235 Å². The van der Waals surface area contributed by atoms with Crippen LogP contribution in [0, 0.1) is 5.92 Å². The number of carboxylic acids is 1. The molecule has 1 unspecified atom stereocenters. The Balaban J connectivity index is 3.38. The molecule has 0 saturated carbocycles. The van der Waals surface area contributed by atoms with Crippen LogP contribution < -0.4 is 26.6 Å². The molecule has 0 aromatic rings. The van der Waals surface area contributed by atoms with Gasteiger partial charge >= 0.3 is 5.97 Å². The number of aliphatic carboxylic acids is 1. The molecule has 0 fully saturated rings. The van der Waals surface area contributed by atoms with Gasteiger partial charge in [-0.25, -0.2) is 0 Å². The van der Waals surface area contributed by atoms with Crippen molar-refractivity contribution >= 4 is 29.6 Å². The summed E-state index contributed by atoms with van der Waals surface area (Å²) in [4.78, 5) is 56.8. The molecule has 40 heavy (non-hydrogen) atoms. The van der Waals surface area contributed by atoms with Gasteiger partial charge in [0, 0.05) is 58.5 Å².